The first kappa shape index (κ1) is 15.7. The van der Waals surface area contributed by atoms with Gasteiger partial charge in [0, 0.05) is 42.9 Å². The molecule has 1 atom stereocenters. The highest BCUT2D eigenvalue weighted by atomic mass is 16.5. The molecule has 21 heavy (non-hydrogen) atoms. The Bertz CT molecular complexity index is 577. The zero-order valence-corrected chi connectivity index (χ0v) is 13.6. The Kier molecular flexibility index (Phi) is 5.12. The fourth-order valence-electron chi connectivity index (χ4n) is 2.25. The molecular weight excluding hydrogens is 262 g/mol. The maximum Gasteiger partial charge on any atom is 0.139 e. The van der Waals surface area contributed by atoms with Crippen LogP contribution in [-0.2, 0) is 13.0 Å². The highest BCUT2D eigenvalue weighted by Crippen LogP contribution is 2.17. The minimum Gasteiger partial charge on any atom is -0.361 e. The third-order valence-electron chi connectivity index (χ3n) is 3.92. The molecule has 0 N–H and O–H groups in total. The summed E-state index contributed by atoms with van der Waals surface area (Å²) in [6.45, 7) is 9.35. The quantitative estimate of drug-likeness (QED) is 0.814. The number of pyridine rings is 1. The number of aromatic nitrogens is 2. The molecule has 0 fully saturated rings. The number of aryl methyl sites for hydroxylation is 1. The smallest absolute Gasteiger partial charge is 0.139 e. The minimum absolute atomic E-state index is 0.380. The average Bonchev–Trinajstić information content (AvgIpc) is 2.90. The Morgan fingerprint density at radius 2 is 2.05 bits per heavy atom. The summed E-state index contributed by atoms with van der Waals surface area (Å²) >= 11 is 0. The normalized spacial score (nSPS) is 13.1. The molecule has 2 aromatic rings. The monoisotopic (exact) mass is 287 g/mol. The molecule has 0 aliphatic rings. The molecule has 0 radical (unpaired) electrons. The van der Waals surface area contributed by atoms with Gasteiger partial charge in [0.25, 0.3) is 0 Å². The largest absolute Gasteiger partial charge is 0.361 e. The van der Waals surface area contributed by atoms with Gasteiger partial charge >= 0.3 is 0 Å². The summed E-state index contributed by atoms with van der Waals surface area (Å²) in [5, 5.41) is 4.15. The van der Waals surface area contributed by atoms with Crippen LogP contribution >= 0.6 is 0 Å². The molecule has 4 nitrogen and oxygen atoms in total. The van der Waals surface area contributed by atoms with E-state index < -0.39 is 0 Å². The van der Waals surface area contributed by atoms with E-state index in [0.29, 0.717) is 12.0 Å². The highest BCUT2D eigenvalue weighted by molar-refractivity contribution is 5.18. The van der Waals surface area contributed by atoms with Gasteiger partial charge in [0.05, 0.1) is 5.69 Å². The Labute approximate surface area is 127 Å². The lowest BCUT2D eigenvalue weighted by molar-refractivity contribution is 0.238. The van der Waals surface area contributed by atoms with Crippen molar-refractivity contribution < 1.29 is 4.52 Å². The van der Waals surface area contributed by atoms with E-state index >= 15 is 0 Å². The van der Waals surface area contributed by atoms with Gasteiger partial charge < -0.3 is 4.52 Å². The summed E-state index contributed by atoms with van der Waals surface area (Å²) in [4.78, 5) is 6.76. The molecule has 114 valence electrons. The van der Waals surface area contributed by atoms with E-state index in [2.05, 4.69) is 61.9 Å². The third kappa shape index (κ3) is 4.14. The Morgan fingerprint density at radius 3 is 2.67 bits per heavy atom. The predicted octanol–water partition coefficient (Wildman–Crippen LogP) is 3.56. The van der Waals surface area contributed by atoms with Crippen LogP contribution in [-0.4, -0.2) is 28.1 Å². The van der Waals surface area contributed by atoms with Crippen molar-refractivity contribution in [2.45, 2.75) is 52.6 Å². The lowest BCUT2D eigenvalue weighted by atomic mass is 10.1. The lowest BCUT2D eigenvalue weighted by Crippen LogP contribution is -2.31. The van der Waals surface area contributed by atoms with Gasteiger partial charge in [0.15, 0.2) is 0 Å². The molecule has 0 aliphatic carbocycles. The van der Waals surface area contributed by atoms with E-state index in [0.717, 1.165) is 24.4 Å². The van der Waals surface area contributed by atoms with Crippen molar-refractivity contribution in [1.29, 1.82) is 0 Å². The molecule has 1 unspecified atom stereocenters. The van der Waals surface area contributed by atoms with E-state index in [1.165, 1.54) is 11.3 Å². The Hall–Kier alpha value is -1.68. The first-order chi connectivity index (χ1) is 9.97. The van der Waals surface area contributed by atoms with Gasteiger partial charge in [0.1, 0.15) is 5.76 Å². The summed E-state index contributed by atoms with van der Waals surface area (Å²) in [5.74, 6) is 1.33. The maximum absolute atomic E-state index is 5.36. The van der Waals surface area contributed by atoms with Crippen molar-refractivity contribution in [3.05, 3.63) is 47.1 Å². The van der Waals surface area contributed by atoms with Crippen molar-refractivity contribution in [3.8, 4) is 0 Å². The zero-order chi connectivity index (χ0) is 15.4. The maximum atomic E-state index is 5.36. The Balaban J connectivity index is 1.96. The number of nitrogens with zero attached hydrogens (tertiary/aromatic N) is 3. The third-order valence-corrected chi connectivity index (χ3v) is 3.92. The summed E-state index contributed by atoms with van der Waals surface area (Å²) in [7, 11) is 2.12. The molecule has 2 aromatic heterocycles. The molecule has 4 heteroatoms. The summed E-state index contributed by atoms with van der Waals surface area (Å²) in [6, 6.07) is 6.55. The van der Waals surface area contributed by atoms with Gasteiger partial charge in [-0.25, -0.2) is 0 Å². The first-order valence-corrected chi connectivity index (χ1v) is 7.53. The van der Waals surface area contributed by atoms with Crippen molar-refractivity contribution in [3.63, 3.8) is 0 Å². The van der Waals surface area contributed by atoms with Crippen molar-refractivity contribution in [2.75, 3.05) is 7.05 Å². The van der Waals surface area contributed by atoms with Gasteiger partial charge in [0.2, 0.25) is 0 Å². The van der Waals surface area contributed by atoms with Crippen LogP contribution in [0.15, 0.2) is 28.9 Å². The van der Waals surface area contributed by atoms with Crippen molar-refractivity contribution >= 4 is 0 Å². The summed E-state index contributed by atoms with van der Waals surface area (Å²) in [6.07, 6.45) is 2.81. The fourth-order valence-corrected chi connectivity index (χ4v) is 2.25. The van der Waals surface area contributed by atoms with Crippen LogP contribution in [0.1, 0.15) is 49.4 Å². The van der Waals surface area contributed by atoms with Gasteiger partial charge in [-0.1, -0.05) is 25.1 Å². The standard InChI is InChI=1S/C17H25N3O/c1-12(2)17-10-15(19-21-17)11-20(5)14(4)9-16-13(3)7-6-8-18-16/h6-8,10,12,14H,9,11H2,1-5H3. The molecule has 2 rings (SSSR count). The second-order valence-corrected chi connectivity index (χ2v) is 6.11. The second-order valence-electron chi connectivity index (χ2n) is 6.11. The number of rotatable bonds is 6. The van der Waals surface area contributed by atoms with E-state index in [1.54, 1.807) is 0 Å². The van der Waals surface area contributed by atoms with Crippen LogP contribution in [0.25, 0.3) is 0 Å². The average molecular weight is 287 g/mol. The molecule has 0 amide bonds. The topological polar surface area (TPSA) is 42.2 Å². The van der Waals surface area contributed by atoms with E-state index in [9.17, 15) is 0 Å². The van der Waals surface area contributed by atoms with Crippen LogP contribution in [0.2, 0.25) is 0 Å². The SMILES string of the molecule is Cc1cccnc1CC(C)N(C)Cc1cc(C(C)C)on1. The lowest BCUT2D eigenvalue weighted by Gasteiger charge is -2.23. The van der Waals surface area contributed by atoms with E-state index in [1.807, 2.05) is 12.3 Å². The summed E-state index contributed by atoms with van der Waals surface area (Å²) in [5.41, 5.74) is 3.41. The van der Waals surface area contributed by atoms with Gasteiger partial charge in [-0.05, 0) is 32.5 Å². The number of likely N-dealkylation sites (N-methyl/N-ethyl adjacent to an activating group) is 1. The van der Waals surface area contributed by atoms with Crippen LogP contribution in [0, 0.1) is 6.92 Å². The van der Waals surface area contributed by atoms with Gasteiger partial charge in [-0.15, -0.1) is 0 Å². The predicted molar refractivity (Wildman–Crippen MR) is 84.2 cm³/mol. The van der Waals surface area contributed by atoms with Crippen LogP contribution < -0.4 is 0 Å². The molecule has 0 spiro atoms. The molecular formula is C17H25N3O. The van der Waals surface area contributed by atoms with E-state index in [4.69, 9.17) is 4.52 Å². The number of hydrogen-bond donors (Lipinski definition) is 0. The first-order valence-electron chi connectivity index (χ1n) is 7.53. The molecule has 0 saturated heterocycles. The fraction of sp³-hybridized carbons (Fsp3) is 0.529. The number of hydrogen-bond acceptors (Lipinski definition) is 4. The Morgan fingerprint density at radius 1 is 1.29 bits per heavy atom. The highest BCUT2D eigenvalue weighted by Gasteiger charge is 2.15. The van der Waals surface area contributed by atoms with E-state index in [-0.39, 0.29) is 0 Å². The van der Waals surface area contributed by atoms with Crippen molar-refractivity contribution in [2.24, 2.45) is 0 Å². The molecule has 2 heterocycles. The van der Waals surface area contributed by atoms with Crippen LogP contribution in [0.5, 0.6) is 0 Å². The second kappa shape index (κ2) is 6.85. The van der Waals surface area contributed by atoms with Gasteiger partial charge in [-0.2, -0.15) is 0 Å². The van der Waals surface area contributed by atoms with Crippen LogP contribution in [0.4, 0.5) is 0 Å². The van der Waals surface area contributed by atoms with Crippen molar-refractivity contribution in [1.82, 2.24) is 15.0 Å². The zero-order valence-electron chi connectivity index (χ0n) is 13.6. The molecule has 0 aliphatic heterocycles. The molecule has 0 bridgehead atoms. The minimum atomic E-state index is 0.380. The van der Waals surface area contributed by atoms with Gasteiger partial charge in [-0.3, -0.25) is 9.88 Å². The van der Waals surface area contributed by atoms with Crippen LogP contribution in [0.3, 0.4) is 0 Å². The molecule has 0 saturated carbocycles. The molecule has 0 aromatic carbocycles. The summed E-state index contributed by atoms with van der Waals surface area (Å²) < 4.78 is 5.36.